The van der Waals surface area contributed by atoms with Crippen LogP contribution >= 0.6 is 23.4 Å². The molecule has 0 bridgehead atoms. The van der Waals surface area contributed by atoms with Crippen LogP contribution in [0.15, 0.2) is 52.4 Å². The monoisotopic (exact) mass is 433 g/mol. The Balaban J connectivity index is 1.73. The van der Waals surface area contributed by atoms with Gasteiger partial charge in [-0.1, -0.05) is 23.7 Å². The van der Waals surface area contributed by atoms with E-state index in [2.05, 4.69) is 10.3 Å². The molecule has 0 radical (unpaired) electrons. The normalized spacial score (nSPS) is 16.1. The van der Waals surface area contributed by atoms with Gasteiger partial charge in [0.25, 0.3) is 11.6 Å². The summed E-state index contributed by atoms with van der Waals surface area (Å²) in [6, 6.07) is 10.4. The van der Waals surface area contributed by atoms with Crippen LogP contribution in [0.2, 0.25) is 5.02 Å². The molecule has 0 spiro atoms. The molecule has 1 fully saturated rings. The number of aliphatic carboxylic acids is 1. The van der Waals surface area contributed by atoms with Gasteiger partial charge in [0, 0.05) is 12.1 Å². The highest BCUT2D eigenvalue weighted by atomic mass is 35.5. The largest absolute Gasteiger partial charge is 0.482 e. The molecule has 0 aliphatic carbocycles. The highest BCUT2D eigenvalue weighted by molar-refractivity contribution is 8.18. The molecule has 0 saturated carbocycles. The quantitative estimate of drug-likeness (QED) is 0.404. The molecule has 1 amide bonds. The van der Waals surface area contributed by atoms with Gasteiger partial charge in [0.2, 0.25) is 0 Å². The minimum Gasteiger partial charge on any atom is -0.482 e. The molecule has 2 N–H and O–H groups in total. The second kappa shape index (κ2) is 8.76. The number of nitro benzene ring substituents is 1. The highest BCUT2D eigenvalue weighted by Crippen LogP contribution is 2.33. The van der Waals surface area contributed by atoms with Crippen molar-refractivity contribution in [2.24, 2.45) is 4.99 Å². The van der Waals surface area contributed by atoms with Crippen molar-refractivity contribution in [2.45, 2.75) is 0 Å². The fourth-order valence-corrected chi connectivity index (χ4v) is 3.30. The van der Waals surface area contributed by atoms with Crippen LogP contribution in [-0.4, -0.2) is 33.7 Å². The minimum atomic E-state index is -1.07. The van der Waals surface area contributed by atoms with E-state index in [0.717, 1.165) is 11.8 Å². The summed E-state index contributed by atoms with van der Waals surface area (Å²) in [5.41, 5.74) is 0.847. The second-order valence-corrected chi connectivity index (χ2v) is 7.06. The summed E-state index contributed by atoms with van der Waals surface area (Å²) in [5.74, 6) is -1.03. The van der Waals surface area contributed by atoms with Crippen LogP contribution in [0.3, 0.4) is 0 Å². The van der Waals surface area contributed by atoms with Crippen LogP contribution in [-0.2, 0) is 9.59 Å². The third-order valence-corrected chi connectivity index (χ3v) is 4.77. The second-order valence-electron chi connectivity index (χ2n) is 5.63. The minimum absolute atomic E-state index is 0.0935. The predicted octanol–water partition coefficient (Wildman–Crippen LogP) is 3.60. The van der Waals surface area contributed by atoms with Gasteiger partial charge in [-0.25, -0.2) is 9.79 Å². The summed E-state index contributed by atoms with van der Waals surface area (Å²) in [6.45, 7) is -0.441. The lowest BCUT2D eigenvalue weighted by Crippen LogP contribution is -2.19. The maximum atomic E-state index is 12.2. The molecule has 0 atom stereocenters. The number of ether oxygens (including phenoxy) is 1. The van der Waals surface area contributed by atoms with Gasteiger partial charge in [-0.3, -0.25) is 14.9 Å². The van der Waals surface area contributed by atoms with E-state index in [1.165, 1.54) is 18.2 Å². The molecular weight excluding hydrogens is 422 g/mol. The molecule has 1 aliphatic heterocycles. The van der Waals surface area contributed by atoms with Gasteiger partial charge in [0.15, 0.2) is 11.8 Å². The number of thioether (sulfide) groups is 1. The summed E-state index contributed by atoms with van der Waals surface area (Å²) >= 11 is 7.11. The number of hydrogen-bond donors (Lipinski definition) is 2. The lowest BCUT2D eigenvalue weighted by atomic mass is 10.2. The van der Waals surface area contributed by atoms with Gasteiger partial charge in [-0.2, -0.15) is 0 Å². The fourth-order valence-electron chi connectivity index (χ4n) is 2.25. The molecule has 1 heterocycles. The van der Waals surface area contributed by atoms with Crippen molar-refractivity contribution in [1.29, 1.82) is 0 Å². The van der Waals surface area contributed by atoms with Crippen LogP contribution in [0, 0.1) is 10.1 Å². The number of nitrogens with zero attached hydrogens (tertiary/aromatic N) is 2. The molecule has 3 rings (SSSR count). The van der Waals surface area contributed by atoms with Crippen molar-refractivity contribution in [3.05, 3.63) is 68.1 Å². The number of carboxylic acid groups (broad SMARTS) is 1. The molecule has 29 heavy (non-hydrogen) atoms. The summed E-state index contributed by atoms with van der Waals surface area (Å²) < 4.78 is 5.05. The summed E-state index contributed by atoms with van der Waals surface area (Å²) in [4.78, 5) is 37.5. The van der Waals surface area contributed by atoms with E-state index in [0.29, 0.717) is 27.1 Å². The van der Waals surface area contributed by atoms with E-state index in [9.17, 15) is 19.7 Å². The number of carbonyl (C=O) groups is 2. The van der Waals surface area contributed by atoms with E-state index in [4.69, 9.17) is 21.4 Å². The molecule has 9 nitrogen and oxygen atoms in total. The summed E-state index contributed by atoms with van der Waals surface area (Å²) in [7, 11) is 0. The van der Waals surface area contributed by atoms with Gasteiger partial charge in [0.05, 0.1) is 20.5 Å². The molecule has 148 valence electrons. The Morgan fingerprint density at radius 1 is 1.31 bits per heavy atom. The summed E-state index contributed by atoms with van der Waals surface area (Å²) in [6.07, 6.45) is 1.64. The van der Waals surface area contributed by atoms with Gasteiger partial charge in [-0.15, -0.1) is 0 Å². The number of benzene rings is 2. The Morgan fingerprint density at radius 2 is 2.03 bits per heavy atom. The molecular formula is C18H12ClN3O6S. The first kappa shape index (κ1) is 20.4. The Labute approximate surface area is 173 Å². The van der Waals surface area contributed by atoms with E-state index in [1.807, 2.05) is 0 Å². The van der Waals surface area contributed by atoms with Gasteiger partial charge in [-0.05, 0) is 41.6 Å². The highest BCUT2D eigenvalue weighted by Gasteiger charge is 2.24. The number of non-ortho nitro benzene ring substituents is 1. The van der Waals surface area contributed by atoms with Crippen molar-refractivity contribution < 1.29 is 24.4 Å². The number of hydrogen-bond acceptors (Lipinski definition) is 7. The first-order chi connectivity index (χ1) is 13.8. The van der Waals surface area contributed by atoms with Crippen molar-refractivity contribution >= 4 is 57.9 Å². The van der Waals surface area contributed by atoms with E-state index < -0.39 is 17.5 Å². The third kappa shape index (κ3) is 5.33. The predicted molar refractivity (Wildman–Crippen MR) is 108 cm³/mol. The zero-order valence-electron chi connectivity index (χ0n) is 14.5. The Bertz CT molecular complexity index is 1050. The molecule has 1 aliphatic rings. The average Bonchev–Trinajstić information content (AvgIpc) is 3.01. The van der Waals surface area contributed by atoms with Crippen LogP contribution < -0.4 is 10.1 Å². The average molecular weight is 434 g/mol. The lowest BCUT2D eigenvalue weighted by Gasteiger charge is -2.03. The Hall–Kier alpha value is -3.37. The number of carboxylic acids is 1. The number of halogens is 1. The molecule has 0 aromatic heterocycles. The van der Waals surface area contributed by atoms with E-state index >= 15 is 0 Å². The van der Waals surface area contributed by atoms with Gasteiger partial charge >= 0.3 is 5.97 Å². The number of amides is 1. The zero-order chi connectivity index (χ0) is 21.0. The first-order valence-electron chi connectivity index (χ1n) is 8.00. The van der Waals surface area contributed by atoms with Crippen LogP contribution in [0.25, 0.3) is 6.08 Å². The number of amidine groups is 1. The fraction of sp³-hybridized carbons (Fsp3) is 0.0556. The SMILES string of the molecule is O=C(O)COc1ccc(/C=C2/SC(=Nc3ccc([N+](=O)[O-])cc3Cl)NC2=O)cc1. The number of rotatable bonds is 6. The molecule has 0 unspecified atom stereocenters. The third-order valence-electron chi connectivity index (χ3n) is 3.56. The van der Waals surface area contributed by atoms with Gasteiger partial charge < -0.3 is 15.2 Å². The first-order valence-corrected chi connectivity index (χ1v) is 9.19. The van der Waals surface area contributed by atoms with E-state index in [-0.39, 0.29) is 16.6 Å². The molecule has 2 aromatic rings. The van der Waals surface area contributed by atoms with Crippen LogP contribution in [0.5, 0.6) is 5.75 Å². The maximum Gasteiger partial charge on any atom is 0.341 e. The van der Waals surface area contributed by atoms with Crippen LogP contribution in [0.1, 0.15) is 5.56 Å². The molecule has 1 saturated heterocycles. The van der Waals surface area contributed by atoms with Crippen molar-refractivity contribution in [2.75, 3.05) is 6.61 Å². The topological polar surface area (TPSA) is 131 Å². The maximum absolute atomic E-state index is 12.2. The van der Waals surface area contributed by atoms with E-state index in [1.54, 1.807) is 30.3 Å². The van der Waals surface area contributed by atoms with Gasteiger partial charge in [0.1, 0.15) is 5.75 Å². The smallest absolute Gasteiger partial charge is 0.341 e. The Morgan fingerprint density at radius 3 is 2.66 bits per heavy atom. The number of nitro groups is 1. The van der Waals surface area contributed by atoms with Crippen molar-refractivity contribution in [1.82, 2.24) is 5.32 Å². The molecule has 2 aromatic carbocycles. The van der Waals surface area contributed by atoms with Crippen LogP contribution in [0.4, 0.5) is 11.4 Å². The number of nitrogens with one attached hydrogen (secondary N) is 1. The lowest BCUT2D eigenvalue weighted by molar-refractivity contribution is -0.384. The summed E-state index contributed by atoms with van der Waals surface area (Å²) in [5, 5.41) is 22.4. The van der Waals surface area contributed by atoms with Crippen molar-refractivity contribution in [3.63, 3.8) is 0 Å². The molecule has 11 heteroatoms. The number of aliphatic imine (C=N–C) groups is 1. The standard InChI is InChI=1S/C18H12ClN3O6S/c19-13-8-11(22(26)27)3-6-14(13)20-18-21-17(25)15(29-18)7-10-1-4-12(5-2-10)28-9-16(23)24/h1-8H,9H2,(H,23,24)(H,20,21,25)/b15-7+. The van der Waals surface area contributed by atoms with Crippen molar-refractivity contribution in [3.8, 4) is 5.75 Å². The Kier molecular flexibility index (Phi) is 6.15. The zero-order valence-corrected chi connectivity index (χ0v) is 16.1. The number of carbonyl (C=O) groups excluding carboxylic acids is 1.